The van der Waals surface area contributed by atoms with Crippen molar-refractivity contribution < 1.29 is 27.5 Å². The van der Waals surface area contributed by atoms with E-state index in [1.54, 1.807) is 21.3 Å². The van der Waals surface area contributed by atoms with Crippen LogP contribution in [0.25, 0.3) is 0 Å². The van der Waals surface area contributed by atoms with Gasteiger partial charge in [0.25, 0.3) is 0 Å². The zero-order chi connectivity index (χ0) is 8.41. The zero-order valence-corrected chi connectivity index (χ0v) is 7.12. The predicted molar refractivity (Wildman–Crippen MR) is 31.5 cm³/mol. The van der Waals surface area contributed by atoms with Crippen LogP contribution < -0.4 is 0 Å². The lowest BCUT2D eigenvalue weighted by molar-refractivity contribution is -0.317. The van der Waals surface area contributed by atoms with Gasteiger partial charge in [-0.3, -0.25) is 0 Å². The third-order valence-electron chi connectivity index (χ3n) is 0.577. The van der Waals surface area contributed by atoms with Crippen molar-refractivity contribution in [2.24, 2.45) is 0 Å². The van der Waals surface area contributed by atoms with Crippen molar-refractivity contribution >= 4 is 9.53 Å². The van der Waals surface area contributed by atoms with Crippen LogP contribution in [0.1, 0.15) is 0 Å². The summed E-state index contributed by atoms with van der Waals surface area (Å²) in [5.41, 5.74) is 0. The highest BCUT2D eigenvalue weighted by atomic mass is 28.3. The van der Waals surface area contributed by atoms with Crippen LogP contribution >= 0.6 is 0 Å². The summed E-state index contributed by atoms with van der Waals surface area (Å²) in [6, 6.07) is 0. The molecule has 0 fully saturated rings. The Balaban J connectivity index is 0. The molecule has 0 aliphatic rings. The summed E-state index contributed by atoms with van der Waals surface area (Å²) >= 11 is 0. The lowest BCUT2D eigenvalue weighted by Gasteiger charge is -2.05. The van der Waals surface area contributed by atoms with Crippen LogP contribution in [0.3, 0.4) is 0 Å². The largest absolute Gasteiger partial charge is 0.483 e. The Morgan fingerprint density at radius 2 is 1.10 bits per heavy atom. The number of halogens is 2. The molecule has 0 rings (SSSR count). The van der Waals surface area contributed by atoms with Gasteiger partial charge in [-0.05, 0) is 9.05 Å². The first-order valence-corrected chi connectivity index (χ1v) is 3.65. The fourth-order valence-electron chi connectivity index (χ4n) is 0.289. The van der Waals surface area contributed by atoms with E-state index in [-0.39, 0.29) is 0 Å². The zero-order valence-electron chi connectivity index (χ0n) is 5.97. The summed E-state index contributed by atoms with van der Waals surface area (Å²) in [5.74, 6) is 0. The Kier molecular flexibility index (Phi) is 14.7. The topological polar surface area (TPSA) is 36.9 Å². The maximum absolute atomic E-state index is 9.12. The first kappa shape index (κ1) is 12.6. The molecule has 0 aromatic carbocycles. The Hall–Kier alpha value is -0.0831. The molecule has 7 heteroatoms. The predicted octanol–water partition coefficient (Wildman–Crippen LogP) is 0.415. The molecular weight excluding hydrogens is 166 g/mol. The molecular formula is C3H10F2O4Si. The third kappa shape index (κ3) is 10.8. The fourth-order valence-corrected chi connectivity index (χ4v) is 0.866. The monoisotopic (exact) mass is 176 g/mol. The SMILES string of the molecule is CO[SiH](OC)OC.FOF. The van der Waals surface area contributed by atoms with E-state index in [0.717, 1.165) is 0 Å². The average molecular weight is 176 g/mol. The van der Waals surface area contributed by atoms with Crippen LogP contribution in [-0.2, 0) is 18.4 Å². The van der Waals surface area contributed by atoms with Crippen molar-refractivity contribution in [1.29, 1.82) is 0 Å². The molecule has 0 heterocycles. The third-order valence-corrected chi connectivity index (χ3v) is 1.73. The van der Waals surface area contributed by atoms with Gasteiger partial charge < -0.3 is 13.3 Å². The summed E-state index contributed by atoms with van der Waals surface area (Å²) in [6.45, 7) is 0. The highest BCUT2D eigenvalue weighted by Gasteiger charge is 2.04. The molecule has 0 aromatic rings. The van der Waals surface area contributed by atoms with Gasteiger partial charge in [0.2, 0.25) is 0 Å². The fraction of sp³-hybridized carbons (Fsp3) is 1.00. The summed E-state index contributed by atoms with van der Waals surface area (Å²) < 4.78 is 32.5. The van der Waals surface area contributed by atoms with E-state index < -0.39 is 9.53 Å². The maximum atomic E-state index is 9.12. The Morgan fingerprint density at radius 1 is 0.900 bits per heavy atom. The molecule has 0 amide bonds. The molecule has 0 atom stereocenters. The standard InChI is InChI=1S/C3H10O3Si.F2O/c1-4-7(5-2)6-3;1-3-2/h7H,1-3H3;. The molecule has 0 aromatic heterocycles. The van der Waals surface area contributed by atoms with Gasteiger partial charge in [0.1, 0.15) is 0 Å². The van der Waals surface area contributed by atoms with Crippen LogP contribution in [-0.4, -0.2) is 30.9 Å². The molecule has 0 radical (unpaired) electrons. The summed E-state index contributed by atoms with van der Waals surface area (Å²) in [6.07, 6.45) is 0. The molecule has 0 bridgehead atoms. The molecule has 4 nitrogen and oxygen atoms in total. The van der Waals surface area contributed by atoms with E-state index in [2.05, 4.69) is 0 Å². The van der Waals surface area contributed by atoms with Gasteiger partial charge in [-0.15, -0.1) is 0 Å². The van der Waals surface area contributed by atoms with Gasteiger partial charge in [-0.25, -0.2) is 0 Å². The quantitative estimate of drug-likeness (QED) is 0.584. The van der Waals surface area contributed by atoms with Crippen LogP contribution in [0.5, 0.6) is 0 Å². The Bertz CT molecular complexity index is 48.3. The van der Waals surface area contributed by atoms with E-state index in [9.17, 15) is 0 Å². The molecule has 0 spiro atoms. The van der Waals surface area contributed by atoms with Crippen LogP contribution in [0, 0.1) is 0 Å². The molecule has 0 aliphatic heterocycles. The van der Waals surface area contributed by atoms with Gasteiger partial charge in [0.15, 0.2) is 0 Å². The summed E-state index contributed by atoms with van der Waals surface area (Å²) in [7, 11) is 3.05. The highest BCUT2D eigenvalue weighted by molar-refractivity contribution is 6.36. The van der Waals surface area contributed by atoms with Crippen LogP contribution in [0.15, 0.2) is 0 Å². The molecule has 10 heavy (non-hydrogen) atoms. The molecule has 64 valence electrons. The van der Waals surface area contributed by atoms with E-state index >= 15 is 0 Å². The van der Waals surface area contributed by atoms with E-state index in [1.807, 2.05) is 0 Å². The Labute approximate surface area is 59.4 Å². The lowest BCUT2D eigenvalue weighted by atomic mass is 11.8. The van der Waals surface area contributed by atoms with Crippen molar-refractivity contribution in [2.75, 3.05) is 21.3 Å². The summed E-state index contributed by atoms with van der Waals surface area (Å²) in [5, 5.41) is 1.25. The van der Waals surface area contributed by atoms with Crippen molar-refractivity contribution in [2.45, 2.75) is 0 Å². The number of hydrogen-bond donors (Lipinski definition) is 0. The normalized spacial score (nSPS) is 9.00. The van der Waals surface area contributed by atoms with E-state index in [1.165, 1.54) is 5.15 Å². The minimum atomic E-state index is -1.67. The van der Waals surface area contributed by atoms with Crippen molar-refractivity contribution in [3.8, 4) is 0 Å². The van der Waals surface area contributed by atoms with Gasteiger partial charge in [-0.2, -0.15) is 0 Å². The molecule has 0 N–H and O–H groups in total. The first-order chi connectivity index (χ1) is 4.76. The van der Waals surface area contributed by atoms with Gasteiger partial charge in [0, 0.05) is 26.5 Å². The maximum Gasteiger partial charge on any atom is 0.483 e. The lowest BCUT2D eigenvalue weighted by Crippen LogP contribution is -2.21. The molecule has 0 saturated heterocycles. The van der Waals surface area contributed by atoms with Crippen LogP contribution in [0.4, 0.5) is 9.05 Å². The molecule has 0 aliphatic carbocycles. The van der Waals surface area contributed by atoms with Crippen LogP contribution in [0.2, 0.25) is 0 Å². The van der Waals surface area contributed by atoms with Gasteiger partial charge >= 0.3 is 9.53 Å². The van der Waals surface area contributed by atoms with Crippen molar-refractivity contribution in [3.05, 3.63) is 0 Å². The average Bonchev–Trinajstić information content (AvgIpc) is 1.93. The highest BCUT2D eigenvalue weighted by Crippen LogP contribution is 1.81. The Morgan fingerprint density at radius 3 is 1.10 bits per heavy atom. The number of rotatable bonds is 3. The summed E-state index contributed by atoms with van der Waals surface area (Å²) in [4.78, 5) is 0. The minimum absolute atomic E-state index is 1.25. The molecule has 0 saturated carbocycles. The minimum Gasteiger partial charge on any atom is -0.379 e. The first-order valence-electron chi connectivity index (χ1n) is 2.24. The molecule has 0 unspecified atom stereocenters. The van der Waals surface area contributed by atoms with Gasteiger partial charge in [0.05, 0.1) is 0 Å². The van der Waals surface area contributed by atoms with Crippen molar-refractivity contribution in [3.63, 3.8) is 0 Å². The number of hydrogen-bond acceptors (Lipinski definition) is 4. The second-order valence-electron chi connectivity index (χ2n) is 1.05. The van der Waals surface area contributed by atoms with Gasteiger partial charge in [-0.1, -0.05) is 0 Å². The van der Waals surface area contributed by atoms with Crippen molar-refractivity contribution in [1.82, 2.24) is 0 Å². The second kappa shape index (κ2) is 11.7. The van der Waals surface area contributed by atoms with E-state index in [0.29, 0.717) is 0 Å². The van der Waals surface area contributed by atoms with E-state index in [4.69, 9.17) is 22.3 Å². The second-order valence-corrected chi connectivity index (χ2v) is 3.05. The smallest absolute Gasteiger partial charge is 0.379 e.